The largest absolute Gasteiger partial charge is 0.416 e. The Morgan fingerprint density at radius 1 is 0.510 bits per heavy atom. The van der Waals surface area contributed by atoms with Gasteiger partial charge in [0.05, 0.1) is 33.0 Å². The highest BCUT2D eigenvalue weighted by molar-refractivity contribution is 5.84. The van der Waals surface area contributed by atoms with Crippen LogP contribution in [0, 0.1) is 0 Å². The minimum Gasteiger partial charge on any atom is -0.416 e. The standard InChI is InChI=1S/C41H41NO7/c43-41(42-35-24-14-5-15-25-35)49-40-39(47-29-34-22-12-4-13-23-34)38(46-28-33-20-10-3-11-21-33)37(45-27-32-18-8-2-9-19-32)36(48-40)30-44-26-31-16-6-1-7-17-31/h1-25,36-40H,26-30H2,(H,42,43)/t36-,37+,38+,39-,40-/m1/s1. The van der Waals surface area contributed by atoms with Crippen LogP contribution in [0.25, 0.3) is 0 Å². The highest BCUT2D eigenvalue weighted by atomic mass is 16.7. The first-order chi connectivity index (χ1) is 24.2. The van der Waals surface area contributed by atoms with E-state index in [9.17, 15) is 4.79 Å². The molecule has 5 aromatic carbocycles. The first-order valence-corrected chi connectivity index (χ1v) is 16.5. The lowest BCUT2D eigenvalue weighted by atomic mass is 9.97. The van der Waals surface area contributed by atoms with Crippen LogP contribution in [0.2, 0.25) is 0 Å². The molecule has 5 atom stereocenters. The van der Waals surface area contributed by atoms with Gasteiger partial charge in [-0.3, -0.25) is 5.32 Å². The Bertz CT molecular complexity index is 1660. The van der Waals surface area contributed by atoms with Gasteiger partial charge < -0.3 is 28.4 Å². The summed E-state index contributed by atoms with van der Waals surface area (Å²) in [5.74, 6) is 0. The van der Waals surface area contributed by atoms with E-state index in [1.54, 1.807) is 12.1 Å². The van der Waals surface area contributed by atoms with Gasteiger partial charge in [0.1, 0.15) is 24.4 Å². The van der Waals surface area contributed by atoms with Crippen molar-refractivity contribution >= 4 is 11.8 Å². The third-order valence-corrected chi connectivity index (χ3v) is 8.08. The monoisotopic (exact) mass is 659 g/mol. The summed E-state index contributed by atoms with van der Waals surface area (Å²) < 4.78 is 38.7. The van der Waals surface area contributed by atoms with Crippen molar-refractivity contribution in [1.82, 2.24) is 0 Å². The number of rotatable bonds is 15. The van der Waals surface area contributed by atoms with E-state index in [2.05, 4.69) is 5.32 Å². The number of carbonyl (C=O) groups excluding carboxylic acids is 1. The molecule has 1 fully saturated rings. The lowest BCUT2D eigenvalue weighted by molar-refractivity contribution is -0.315. The Hall–Kier alpha value is -4.83. The van der Waals surface area contributed by atoms with Crippen molar-refractivity contribution in [3.8, 4) is 0 Å². The molecule has 1 aliphatic rings. The normalized spacial score (nSPS) is 20.4. The molecule has 0 aromatic heterocycles. The fourth-order valence-corrected chi connectivity index (χ4v) is 5.62. The van der Waals surface area contributed by atoms with Crippen molar-refractivity contribution in [3.63, 3.8) is 0 Å². The lowest BCUT2D eigenvalue weighted by Gasteiger charge is -2.45. The van der Waals surface area contributed by atoms with Crippen LogP contribution in [-0.4, -0.2) is 43.4 Å². The van der Waals surface area contributed by atoms with E-state index < -0.39 is 36.8 Å². The first-order valence-electron chi connectivity index (χ1n) is 16.5. The summed E-state index contributed by atoms with van der Waals surface area (Å²) in [5.41, 5.74) is 4.54. The Morgan fingerprint density at radius 3 is 1.41 bits per heavy atom. The van der Waals surface area contributed by atoms with Crippen molar-refractivity contribution in [2.75, 3.05) is 11.9 Å². The van der Waals surface area contributed by atoms with Crippen LogP contribution < -0.4 is 5.32 Å². The molecule has 1 N–H and O–H groups in total. The molecule has 0 bridgehead atoms. The molecule has 1 heterocycles. The van der Waals surface area contributed by atoms with Crippen molar-refractivity contribution in [2.24, 2.45) is 0 Å². The summed E-state index contributed by atoms with van der Waals surface area (Å²) in [4.78, 5) is 13.3. The van der Waals surface area contributed by atoms with Gasteiger partial charge in [0.2, 0.25) is 6.29 Å². The minimum atomic E-state index is -1.14. The van der Waals surface area contributed by atoms with Crippen LogP contribution >= 0.6 is 0 Å². The number of benzene rings is 5. The van der Waals surface area contributed by atoms with Crippen molar-refractivity contribution in [3.05, 3.63) is 174 Å². The van der Waals surface area contributed by atoms with E-state index in [0.717, 1.165) is 22.3 Å². The lowest BCUT2D eigenvalue weighted by Crippen LogP contribution is -2.62. The average Bonchev–Trinajstić information content (AvgIpc) is 3.15. The maximum Gasteiger partial charge on any atom is 0.414 e. The summed E-state index contributed by atoms with van der Waals surface area (Å²) in [6.45, 7) is 1.35. The predicted octanol–water partition coefficient (Wildman–Crippen LogP) is 7.93. The van der Waals surface area contributed by atoms with Crippen LogP contribution in [0.5, 0.6) is 0 Å². The molecule has 6 rings (SSSR count). The second kappa shape index (κ2) is 18.1. The van der Waals surface area contributed by atoms with Crippen LogP contribution in [0.15, 0.2) is 152 Å². The Balaban J connectivity index is 1.30. The average molecular weight is 660 g/mol. The van der Waals surface area contributed by atoms with Crippen molar-refractivity contribution in [2.45, 2.75) is 57.1 Å². The molecular weight excluding hydrogens is 618 g/mol. The van der Waals surface area contributed by atoms with Crippen molar-refractivity contribution in [1.29, 1.82) is 0 Å². The molecule has 8 heteroatoms. The van der Waals surface area contributed by atoms with Crippen LogP contribution in [0.4, 0.5) is 10.5 Å². The zero-order valence-electron chi connectivity index (χ0n) is 27.2. The second-order valence-electron chi connectivity index (χ2n) is 11.7. The molecule has 252 valence electrons. The van der Waals surface area contributed by atoms with E-state index in [1.807, 2.05) is 140 Å². The maximum atomic E-state index is 13.3. The molecule has 1 saturated heterocycles. The van der Waals surface area contributed by atoms with Crippen LogP contribution in [0.3, 0.4) is 0 Å². The summed E-state index contributed by atoms with van der Waals surface area (Å²) in [6.07, 6.45) is -4.69. The molecule has 0 unspecified atom stereocenters. The highest BCUT2D eigenvalue weighted by Crippen LogP contribution is 2.32. The number of ether oxygens (including phenoxy) is 6. The van der Waals surface area contributed by atoms with E-state index in [0.29, 0.717) is 18.9 Å². The predicted molar refractivity (Wildman–Crippen MR) is 186 cm³/mol. The van der Waals surface area contributed by atoms with Gasteiger partial charge in [-0.2, -0.15) is 0 Å². The van der Waals surface area contributed by atoms with Crippen molar-refractivity contribution < 1.29 is 33.2 Å². The molecule has 1 amide bonds. The summed E-state index contributed by atoms with van der Waals surface area (Å²) in [6, 6.07) is 48.7. The molecule has 0 spiro atoms. The number of nitrogens with one attached hydrogen (secondary N) is 1. The van der Waals surface area contributed by atoms with Gasteiger partial charge in [-0.25, -0.2) is 4.79 Å². The molecule has 5 aromatic rings. The van der Waals surface area contributed by atoms with Gasteiger partial charge in [0.25, 0.3) is 0 Å². The number of para-hydroxylation sites is 1. The number of carbonyl (C=O) groups is 1. The zero-order valence-corrected chi connectivity index (χ0v) is 27.2. The van der Waals surface area contributed by atoms with Gasteiger partial charge in [0.15, 0.2) is 0 Å². The third kappa shape index (κ3) is 10.3. The number of hydrogen-bond donors (Lipinski definition) is 1. The molecular formula is C41H41NO7. The molecule has 1 aliphatic heterocycles. The second-order valence-corrected chi connectivity index (χ2v) is 11.7. The van der Waals surface area contributed by atoms with Crippen LogP contribution in [-0.2, 0) is 54.8 Å². The van der Waals surface area contributed by atoms with Gasteiger partial charge in [-0.15, -0.1) is 0 Å². The fraction of sp³-hybridized carbons (Fsp3) is 0.244. The minimum absolute atomic E-state index is 0.158. The molecule has 0 radical (unpaired) electrons. The number of anilines is 1. The van der Waals surface area contributed by atoms with Crippen LogP contribution in [0.1, 0.15) is 22.3 Å². The van der Waals surface area contributed by atoms with E-state index >= 15 is 0 Å². The smallest absolute Gasteiger partial charge is 0.414 e. The highest BCUT2D eigenvalue weighted by Gasteiger charge is 2.50. The summed E-state index contributed by atoms with van der Waals surface area (Å²) in [5, 5.41) is 2.79. The van der Waals surface area contributed by atoms with E-state index in [4.69, 9.17) is 28.4 Å². The SMILES string of the molecule is O=C(Nc1ccccc1)O[C@H]1O[C@H](COCc2ccccc2)[C@H](OCc2ccccc2)[C@H](OCc2ccccc2)[C@H]1OCc1ccccc1. The topological polar surface area (TPSA) is 84.5 Å². The summed E-state index contributed by atoms with van der Waals surface area (Å²) in [7, 11) is 0. The Kier molecular flexibility index (Phi) is 12.6. The number of hydrogen-bond acceptors (Lipinski definition) is 7. The van der Waals surface area contributed by atoms with E-state index in [1.165, 1.54) is 0 Å². The van der Waals surface area contributed by atoms with E-state index in [-0.39, 0.29) is 19.8 Å². The maximum absolute atomic E-state index is 13.3. The first kappa shape index (κ1) is 34.0. The van der Waals surface area contributed by atoms with Gasteiger partial charge >= 0.3 is 6.09 Å². The Labute approximate surface area is 287 Å². The Morgan fingerprint density at radius 2 is 0.918 bits per heavy atom. The molecule has 0 saturated carbocycles. The third-order valence-electron chi connectivity index (χ3n) is 8.08. The fourth-order valence-electron chi connectivity index (χ4n) is 5.62. The quantitative estimate of drug-likeness (QED) is 0.122. The van der Waals surface area contributed by atoms with Gasteiger partial charge in [-0.1, -0.05) is 140 Å². The van der Waals surface area contributed by atoms with Gasteiger partial charge in [0, 0.05) is 5.69 Å². The molecule has 0 aliphatic carbocycles. The number of amides is 1. The molecule has 8 nitrogen and oxygen atoms in total. The van der Waals surface area contributed by atoms with Gasteiger partial charge in [-0.05, 0) is 34.4 Å². The molecule has 49 heavy (non-hydrogen) atoms. The summed E-state index contributed by atoms with van der Waals surface area (Å²) >= 11 is 0. The zero-order chi connectivity index (χ0) is 33.5.